The minimum atomic E-state index is -3.89. The van der Waals surface area contributed by atoms with Gasteiger partial charge in [0, 0.05) is 30.9 Å². The average Bonchev–Trinajstić information content (AvgIpc) is 2.79. The summed E-state index contributed by atoms with van der Waals surface area (Å²) in [6, 6.07) is 14.2. The Kier molecular flexibility index (Phi) is 7.40. The number of nitro benzene ring substituents is 1. The number of anilines is 1. The van der Waals surface area contributed by atoms with Crippen molar-refractivity contribution in [1.82, 2.24) is 4.31 Å². The largest absolute Gasteiger partial charge is 0.277 e. The third-order valence-electron chi connectivity index (χ3n) is 5.67. The number of hydrazone groups is 1. The number of rotatable bonds is 8. The number of benzene rings is 2. The second kappa shape index (κ2) is 10.0. The minimum Gasteiger partial charge on any atom is -0.277 e. The fourth-order valence-corrected chi connectivity index (χ4v) is 5.51. The highest BCUT2D eigenvalue weighted by molar-refractivity contribution is 7.89. The van der Waals surface area contributed by atoms with Crippen LogP contribution in [0.2, 0.25) is 0 Å². The van der Waals surface area contributed by atoms with Crippen LogP contribution in [0.1, 0.15) is 51.0 Å². The first-order valence-electron chi connectivity index (χ1n) is 10.5. The van der Waals surface area contributed by atoms with E-state index in [0.717, 1.165) is 37.5 Å². The van der Waals surface area contributed by atoms with Gasteiger partial charge in [0.1, 0.15) is 4.90 Å². The molecule has 0 spiro atoms. The van der Waals surface area contributed by atoms with E-state index in [1.54, 1.807) is 13.8 Å². The van der Waals surface area contributed by atoms with E-state index >= 15 is 0 Å². The van der Waals surface area contributed by atoms with Gasteiger partial charge in [0.15, 0.2) is 0 Å². The van der Waals surface area contributed by atoms with E-state index in [2.05, 4.69) is 22.7 Å². The number of nitrogens with one attached hydrogen (secondary N) is 1. The molecule has 0 heterocycles. The van der Waals surface area contributed by atoms with Crippen molar-refractivity contribution in [2.75, 3.05) is 18.5 Å². The highest BCUT2D eigenvalue weighted by atomic mass is 32.2. The molecule has 1 fully saturated rings. The summed E-state index contributed by atoms with van der Waals surface area (Å²) in [6.45, 7) is 4.01. The zero-order chi connectivity index (χ0) is 22.4. The molecule has 0 unspecified atom stereocenters. The summed E-state index contributed by atoms with van der Waals surface area (Å²) in [7, 11) is -3.89. The molecule has 1 N–H and O–H groups in total. The van der Waals surface area contributed by atoms with Crippen LogP contribution in [0.3, 0.4) is 0 Å². The quantitative estimate of drug-likeness (QED) is 0.467. The Balaban J connectivity index is 1.81. The summed E-state index contributed by atoms with van der Waals surface area (Å²) >= 11 is 0. The van der Waals surface area contributed by atoms with Gasteiger partial charge in [-0.1, -0.05) is 44.2 Å². The van der Waals surface area contributed by atoms with E-state index in [1.807, 2.05) is 18.2 Å². The normalized spacial score (nSPS) is 16.9. The monoisotopic (exact) mass is 444 g/mol. The molecule has 2 aromatic rings. The molecule has 9 heteroatoms. The standard InChI is InChI=1S/C22H28N4O4S/c1-3-25(4-2)31(29,30)22-16-20(26(27)28)14-15-21(22)24-23-19-12-10-18(11-13-19)17-8-6-5-7-9-17/h5-9,14-16,18,24H,3-4,10-13H2,1-2H3. The molecule has 0 aliphatic heterocycles. The van der Waals surface area contributed by atoms with E-state index in [9.17, 15) is 18.5 Å². The molecule has 0 aromatic heterocycles. The first-order chi connectivity index (χ1) is 14.9. The molecule has 2 aromatic carbocycles. The Bertz CT molecular complexity index is 1040. The predicted octanol–water partition coefficient (Wildman–Crippen LogP) is 4.75. The number of sulfonamides is 1. The van der Waals surface area contributed by atoms with Gasteiger partial charge in [0.05, 0.1) is 10.6 Å². The minimum absolute atomic E-state index is 0.132. The molecule has 31 heavy (non-hydrogen) atoms. The van der Waals surface area contributed by atoms with Crippen LogP contribution in [-0.4, -0.2) is 36.4 Å². The van der Waals surface area contributed by atoms with Crippen molar-refractivity contribution < 1.29 is 13.3 Å². The first-order valence-corrected chi connectivity index (χ1v) is 12.0. The van der Waals surface area contributed by atoms with Gasteiger partial charge in [0.25, 0.3) is 5.69 Å². The van der Waals surface area contributed by atoms with E-state index in [-0.39, 0.29) is 29.4 Å². The lowest BCUT2D eigenvalue weighted by molar-refractivity contribution is -0.385. The van der Waals surface area contributed by atoms with Crippen LogP contribution >= 0.6 is 0 Å². The first kappa shape index (κ1) is 22.9. The summed E-state index contributed by atoms with van der Waals surface area (Å²) < 4.78 is 27.4. The van der Waals surface area contributed by atoms with Gasteiger partial charge in [-0.2, -0.15) is 9.41 Å². The van der Waals surface area contributed by atoms with Crippen LogP contribution in [0.5, 0.6) is 0 Å². The third-order valence-corrected chi connectivity index (χ3v) is 7.76. The molecule has 0 bridgehead atoms. The molecular formula is C22H28N4O4S. The fraction of sp³-hybridized carbons (Fsp3) is 0.409. The maximum absolute atomic E-state index is 13.1. The van der Waals surface area contributed by atoms with Gasteiger partial charge < -0.3 is 0 Å². The van der Waals surface area contributed by atoms with Crippen molar-refractivity contribution in [1.29, 1.82) is 0 Å². The van der Waals surface area contributed by atoms with Crippen molar-refractivity contribution in [2.24, 2.45) is 5.10 Å². The van der Waals surface area contributed by atoms with Crippen LogP contribution in [0.25, 0.3) is 0 Å². The second-order valence-electron chi connectivity index (χ2n) is 7.50. The highest BCUT2D eigenvalue weighted by Gasteiger charge is 2.27. The van der Waals surface area contributed by atoms with E-state index in [4.69, 9.17) is 0 Å². The maximum atomic E-state index is 13.1. The summed E-state index contributed by atoms with van der Waals surface area (Å²) in [5, 5.41) is 15.7. The number of hydrogen-bond donors (Lipinski definition) is 1. The molecule has 8 nitrogen and oxygen atoms in total. The van der Waals surface area contributed by atoms with E-state index in [0.29, 0.717) is 5.92 Å². The molecule has 0 radical (unpaired) electrons. The van der Waals surface area contributed by atoms with Crippen molar-refractivity contribution in [2.45, 2.75) is 50.3 Å². The van der Waals surface area contributed by atoms with Gasteiger partial charge in [0.2, 0.25) is 10.0 Å². The molecule has 1 aliphatic carbocycles. The highest BCUT2D eigenvalue weighted by Crippen LogP contribution is 2.32. The molecule has 166 valence electrons. The molecule has 1 aliphatic rings. The summed E-state index contributed by atoms with van der Waals surface area (Å²) in [6.07, 6.45) is 3.60. The molecule has 3 rings (SSSR count). The van der Waals surface area contributed by atoms with E-state index < -0.39 is 14.9 Å². The summed E-state index contributed by atoms with van der Waals surface area (Å²) in [5.74, 6) is 0.498. The fourth-order valence-electron chi connectivity index (χ4n) is 3.89. The van der Waals surface area contributed by atoms with Gasteiger partial charge >= 0.3 is 0 Å². The SMILES string of the molecule is CCN(CC)S(=O)(=O)c1cc([N+](=O)[O-])ccc1NN=C1CCC(c2ccccc2)CC1. The van der Waals surface area contributed by atoms with Crippen LogP contribution in [0.15, 0.2) is 58.5 Å². The summed E-state index contributed by atoms with van der Waals surface area (Å²) in [5.41, 5.74) is 5.15. The van der Waals surface area contributed by atoms with Crippen LogP contribution in [0, 0.1) is 10.1 Å². The maximum Gasteiger partial charge on any atom is 0.270 e. The van der Waals surface area contributed by atoms with E-state index in [1.165, 1.54) is 22.0 Å². The lowest BCUT2D eigenvalue weighted by atomic mass is 9.83. The van der Waals surface area contributed by atoms with Crippen molar-refractivity contribution in [3.8, 4) is 0 Å². The smallest absolute Gasteiger partial charge is 0.270 e. The van der Waals surface area contributed by atoms with Gasteiger partial charge in [-0.15, -0.1) is 0 Å². The number of nitrogens with zero attached hydrogens (tertiary/aromatic N) is 3. The van der Waals surface area contributed by atoms with Gasteiger partial charge in [-0.25, -0.2) is 8.42 Å². The Morgan fingerprint density at radius 3 is 2.32 bits per heavy atom. The Hall–Kier alpha value is -2.78. The Morgan fingerprint density at radius 2 is 1.74 bits per heavy atom. The summed E-state index contributed by atoms with van der Waals surface area (Å²) in [4.78, 5) is 10.5. The molecule has 0 atom stereocenters. The van der Waals surface area contributed by atoms with Gasteiger partial charge in [-0.3, -0.25) is 15.5 Å². The number of non-ortho nitro benzene ring substituents is 1. The molecular weight excluding hydrogens is 416 g/mol. The predicted molar refractivity (Wildman–Crippen MR) is 122 cm³/mol. The molecule has 1 saturated carbocycles. The van der Waals surface area contributed by atoms with Gasteiger partial charge in [-0.05, 0) is 43.2 Å². The zero-order valence-electron chi connectivity index (χ0n) is 17.8. The third kappa shape index (κ3) is 5.29. The van der Waals surface area contributed by atoms with Crippen LogP contribution < -0.4 is 5.43 Å². The lowest BCUT2D eigenvalue weighted by Crippen LogP contribution is -2.31. The molecule has 0 saturated heterocycles. The van der Waals surface area contributed by atoms with Crippen molar-refractivity contribution in [3.63, 3.8) is 0 Å². The number of nitro groups is 1. The van der Waals surface area contributed by atoms with Crippen LogP contribution in [0.4, 0.5) is 11.4 Å². The topological polar surface area (TPSA) is 105 Å². The molecule has 0 amide bonds. The van der Waals surface area contributed by atoms with Crippen molar-refractivity contribution in [3.05, 3.63) is 64.2 Å². The Labute approximate surface area is 183 Å². The van der Waals surface area contributed by atoms with Crippen LogP contribution in [-0.2, 0) is 10.0 Å². The van der Waals surface area contributed by atoms with Crippen molar-refractivity contribution >= 4 is 27.1 Å². The zero-order valence-corrected chi connectivity index (χ0v) is 18.6. The number of hydrogen-bond acceptors (Lipinski definition) is 6. The average molecular weight is 445 g/mol. The second-order valence-corrected chi connectivity index (χ2v) is 9.41. The lowest BCUT2D eigenvalue weighted by Gasteiger charge is -2.24. The Morgan fingerprint density at radius 1 is 1.10 bits per heavy atom.